The number of hydrogen-bond donors (Lipinski definition) is 2. The molecule has 0 aromatic carbocycles. The number of nitrogens with two attached hydrogens (primary N) is 1. The van der Waals surface area contributed by atoms with Gasteiger partial charge >= 0.3 is 0 Å². The largest absolute Gasteiger partial charge is 0.454 e. The molecule has 2 saturated carbocycles. The number of hydrogen-bond acceptors (Lipinski definition) is 4. The molecule has 4 rings (SSSR count). The molecule has 2 fully saturated rings. The first-order valence-corrected chi connectivity index (χ1v) is 15.9. The van der Waals surface area contributed by atoms with Gasteiger partial charge in [-0.15, -0.1) is 5.73 Å². The topological polar surface area (TPSA) is 75.9 Å². The highest BCUT2D eigenvalue weighted by Gasteiger charge is 2.30. The summed E-state index contributed by atoms with van der Waals surface area (Å²) in [6.07, 6.45) is 17.4. The van der Waals surface area contributed by atoms with Crippen LogP contribution in [0.15, 0.2) is 40.6 Å². The maximum atomic E-state index is 6.69. The third kappa shape index (κ3) is 10.6. The average molecular weight is 564 g/mol. The van der Waals surface area contributed by atoms with Crippen LogP contribution >= 0.6 is 0 Å². The molecule has 0 bridgehead atoms. The van der Waals surface area contributed by atoms with Crippen molar-refractivity contribution < 1.29 is 5.84 Å². The molecule has 0 atom stereocenters. The molecular formula is C37H61N3O. The van der Waals surface area contributed by atoms with Gasteiger partial charge in [0, 0.05) is 36.5 Å². The van der Waals surface area contributed by atoms with Gasteiger partial charge in [0.25, 0.3) is 0 Å². The lowest BCUT2D eigenvalue weighted by Crippen LogP contribution is -2.21. The molecule has 0 spiro atoms. The minimum atomic E-state index is 0. The van der Waals surface area contributed by atoms with Crippen molar-refractivity contribution in [2.45, 2.75) is 144 Å². The molecule has 0 radical (unpaired) electrons. The number of fused-ring (bicyclic) bond motifs is 1. The summed E-state index contributed by atoms with van der Waals surface area (Å²) in [6.45, 7) is 24.0. The average Bonchev–Trinajstić information content (AvgIpc) is 3.24. The van der Waals surface area contributed by atoms with Crippen molar-refractivity contribution in [3.8, 4) is 0 Å². The Morgan fingerprint density at radius 2 is 1.63 bits per heavy atom. The molecule has 2 aromatic heterocycles. The molecule has 2 aromatic rings. The minimum absolute atomic E-state index is 0. The van der Waals surface area contributed by atoms with Crippen molar-refractivity contribution in [1.29, 1.82) is 5.41 Å². The van der Waals surface area contributed by atoms with E-state index in [-0.39, 0.29) is 6.84 Å². The standard InChI is InChI=1S/C23H31NO.C9H18.C5H10N2.H2/c1-8-15(2)20-14-19-21(25-20)17(22(3,4)5)13-18(24-19)16-9-11-23(6,7)12-10-16;1-9(2)7-5-3-4-6-8-9;1-2-5(3-6)4-7;/h13-14,16H,1,9-12H2,2-7H3;3-8H2,1-2H3;3-4,6H,2,7H2,1H3;1H/b;;5-4-,6-3?;. The van der Waals surface area contributed by atoms with Crippen molar-refractivity contribution in [2.75, 3.05) is 0 Å². The zero-order valence-corrected chi connectivity index (χ0v) is 27.8. The van der Waals surface area contributed by atoms with E-state index in [9.17, 15) is 0 Å². The number of allylic oxidation sites excluding steroid dienone is 2. The lowest BCUT2D eigenvalue weighted by molar-refractivity contribution is 0.223. The molecular weight excluding hydrogens is 502 g/mol. The Morgan fingerprint density at radius 3 is 2.07 bits per heavy atom. The number of nitrogens with one attached hydrogen (secondary N) is 1. The smallest absolute Gasteiger partial charge is 0.157 e. The number of pyridine rings is 1. The summed E-state index contributed by atoms with van der Waals surface area (Å²) in [7, 11) is 0. The predicted octanol–water partition coefficient (Wildman–Crippen LogP) is 11.5. The second-order valence-electron chi connectivity index (χ2n) is 14.7. The van der Waals surface area contributed by atoms with E-state index in [1.165, 1.54) is 87.9 Å². The van der Waals surface area contributed by atoms with Gasteiger partial charge in [0.1, 0.15) is 11.3 Å². The molecule has 0 unspecified atom stereocenters. The van der Waals surface area contributed by atoms with E-state index in [2.05, 4.69) is 66.8 Å². The van der Waals surface area contributed by atoms with Crippen LogP contribution in [0.1, 0.15) is 157 Å². The summed E-state index contributed by atoms with van der Waals surface area (Å²) in [6, 6.07) is 4.35. The molecule has 2 aliphatic carbocycles. The second kappa shape index (κ2) is 15.1. The molecule has 0 saturated heterocycles. The van der Waals surface area contributed by atoms with Gasteiger partial charge < -0.3 is 15.6 Å². The van der Waals surface area contributed by atoms with Crippen LogP contribution in [0.25, 0.3) is 16.7 Å². The van der Waals surface area contributed by atoms with Crippen molar-refractivity contribution in [3.05, 3.63) is 53.2 Å². The SMILES string of the molecule is C=C=C(C)c1cc2nc(C3CCC(C)(C)CC3)cc(C(C)(C)C)c2o1.CC/C(C=N)=C/N.CC1(C)CCCCCC1.[HH]. The summed E-state index contributed by atoms with van der Waals surface area (Å²) in [5.74, 6) is 1.39. The molecule has 2 aliphatic rings. The Balaban J connectivity index is 0.000000427. The van der Waals surface area contributed by atoms with Gasteiger partial charge in [0.2, 0.25) is 0 Å². The lowest BCUT2D eigenvalue weighted by Gasteiger charge is -2.34. The van der Waals surface area contributed by atoms with Gasteiger partial charge in [-0.1, -0.05) is 87.7 Å². The van der Waals surface area contributed by atoms with E-state index in [0.717, 1.165) is 34.4 Å². The molecule has 0 aliphatic heterocycles. The fourth-order valence-corrected chi connectivity index (χ4v) is 5.73. The first kappa shape index (κ1) is 34.6. The molecule has 0 amide bonds. The number of aromatic nitrogens is 1. The van der Waals surface area contributed by atoms with Crippen molar-refractivity contribution >= 4 is 22.9 Å². The third-order valence-electron chi connectivity index (χ3n) is 8.96. The van der Waals surface area contributed by atoms with Crippen molar-refractivity contribution in [2.24, 2.45) is 16.6 Å². The molecule has 4 nitrogen and oxygen atoms in total. The van der Waals surface area contributed by atoms with E-state index >= 15 is 0 Å². The first-order chi connectivity index (χ1) is 19.2. The molecule has 3 N–H and O–H groups in total. The van der Waals surface area contributed by atoms with Crippen LogP contribution in [0, 0.1) is 16.2 Å². The van der Waals surface area contributed by atoms with Gasteiger partial charge in [-0.05, 0) is 86.0 Å². The van der Waals surface area contributed by atoms with E-state index < -0.39 is 0 Å². The minimum Gasteiger partial charge on any atom is -0.454 e. The number of rotatable bonds is 4. The number of furan rings is 1. The molecule has 41 heavy (non-hydrogen) atoms. The van der Waals surface area contributed by atoms with E-state index in [1.807, 2.05) is 19.9 Å². The summed E-state index contributed by atoms with van der Waals surface area (Å²) in [4.78, 5) is 5.00. The Labute approximate surface area is 253 Å². The van der Waals surface area contributed by atoms with Crippen molar-refractivity contribution in [3.63, 3.8) is 0 Å². The summed E-state index contributed by atoms with van der Waals surface area (Å²) in [5, 5.41) is 6.69. The highest BCUT2D eigenvalue weighted by atomic mass is 16.3. The monoisotopic (exact) mass is 563 g/mol. The predicted molar refractivity (Wildman–Crippen MR) is 181 cm³/mol. The highest BCUT2D eigenvalue weighted by molar-refractivity contribution is 5.82. The van der Waals surface area contributed by atoms with E-state index in [1.54, 1.807) is 0 Å². The van der Waals surface area contributed by atoms with Crippen LogP contribution < -0.4 is 5.73 Å². The summed E-state index contributed by atoms with van der Waals surface area (Å²) < 4.78 is 6.15. The van der Waals surface area contributed by atoms with Crippen LogP contribution in [0.5, 0.6) is 0 Å². The Kier molecular flexibility index (Phi) is 12.7. The first-order valence-electron chi connectivity index (χ1n) is 15.9. The summed E-state index contributed by atoms with van der Waals surface area (Å²) in [5.41, 5.74) is 15.3. The van der Waals surface area contributed by atoms with Crippen LogP contribution in [-0.2, 0) is 5.41 Å². The van der Waals surface area contributed by atoms with Gasteiger partial charge in [0.05, 0.1) is 0 Å². The van der Waals surface area contributed by atoms with Crippen LogP contribution in [-0.4, -0.2) is 11.2 Å². The zero-order chi connectivity index (χ0) is 30.8. The summed E-state index contributed by atoms with van der Waals surface area (Å²) >= 11 is 0. The fraction of sp³-hybridized carbons (Fsp3) is 0.649. The zero-order valence-electron chi connectivity index (χ0n) is 27.8. The second-order valence-corrected chi connectivity index (χ2v) is 14.7. The molecule has 4 heteroatoms. The Morgan fingerprint density at radius 1 is 1.07 bits per heavy atom. The van der Waals surface area contributed by atoms with E-state index in [4.69, 9.17) is 20.5 Å². The molecule has 230 valence electrons. The lowest BCUT2D eigenvalue weighted by atomic mass is 9.72. The Bertz CT molecular complexity index is 1200. The molecule has 2 heterocycles. The number of nitrogens with zero attached hydrogens (tertiary/aromatic N) is 1. The van der Waals surface area contributed by atoms with Gasteiger partial charge in [-0.2, -0.15) is 0 Å². The fourth-order valence-electron chi connectivity index (χ4n) is 5.73. The van der Waals surface area contributed by atoms with Gasteiger partial charge in [-0.3, -0.25) is 0 Å². The third-order valence-corrected chi connectivity index (χ3v) is 8.96. The van der Waals surface area contributed by atoms with Crippen molar-refractivity contribution in [1.82, 2.24) is 4.98 Å². The van der Waals surface area contributed by atoms with Crippen LogP contribution in [0.3, 0.4) is 0 Å². The maximum absolute atomic E-state index is 6.69. The normalized spacial score (nSPS) is 19.1. The van der Waals surface area contributed by atoms with Gasteiger partial charge in [-0.25, -0.2) is 4.98 Å². The quantitative estimate of drug-likeness (QED) is 0.221. The maximum Gasteiger partial charge on any atom is 0.157 e. The van der Waals surface area contributed by atoms with Crippen LogP contribution in [0.2, 0.25) is 0 Å². The Hall–Kier alpha value is -2.58. The highest BCUT2D eigenvalue weighted by Crippen LogP contribution is 2.43. The van der Waals surface area contributed by atoms with Gasteiger partial charge in [0.15, 0.2) is 5.58 Å². The van der Waals surface area contributed by atoms with Crippen LogP contribution in [0.4, 0.5) is 0 Å². The van der Waals surface area contributed by atoms with E-state index in [0.29, 0.717) is 16.7 Å².